The van der Waals surface area contributed by atoms with Gasteiger partial charge in [-0.25, -0.2) is 8.42 Å². The molecule has 0 aliphatic carbocycles. The van der Waals surface area contributed by atoms with Crippen LogP contribution < -0.4 is 14.8 Å². The number of hydrogen-bond donors (Lipinski definition) is 2. The number of carbonyl (C=O) groups is 1. The molecule has 1 heterocycles. The Bertz CT molecular complexity index is 1230. The van der Waals surface area contributed by atoms with Gasteiger partial charge in [0.15, 0.2) is 6.61 Å². The fourth-order valence-corrected chi connectivity index (χ4v) is 4.52. The molecule has 1 aromatic heterocycles. The van der Waals surface area contributed by atoms with Crippen molar-refractivity contribution >= 4 is 55.4 Å². The Morgan fingerprint density at radius 2 is 2.10 bits per heavy atom. The highest BCUT2D eigenvalue weighted by atomic mass is 35.5. The third-order valence-corrected chi connectivity index (χ3v) is 6.25. The van der Waals surface area contributed by atoms with Crippen molar-refractivity contribution in [3.63, 3.8) is 0 Å². The van der Waals surface area contributed by atoms with Gasteiger partial charge < -0.3 is 4.74 Å². The Balaban J connectivity index is 1.79. The number of nitrogens with one attached hydrogen (secondary N) is 2. The maximum Gasteiger partial charge on any atom is 0.271 e. The largest absolute Gasteiger partial charge is 0.483 e. The Kier molecular flexibility index (Phi) is 6.68. The second-order valence-electron chi connectivity index (χ2n) is 6.04. The van der Waals surface area contributed by atoms with Gasteiger partial charge in [-0.15, -0.1) is 10.2 Å². The highest BCUT2D eigenvalue weighted by molar-refractivity contribution is 7.92. The van der Waals surface area contributed by atoms with E-state index in [0.717, 1.165) is 17.4 Å². The highest BCUT2D eigenvalue weighted by Crippen LogP contribution is 2.31. The molecule has 0 fully saturated rings. The van der Waals surface area contributed by atoms with E-state index in [1.165, 1.54) is 35.8 Å². The summed E-state index contributed by atoms with van der Waals surface area (Å²) in [4.78, 5) is 21.9. The van der Waals surface area contributed by atoms with E-state index in [-0.39, 0.29) is 27.0 Å². The fraction of sp³-hybridized carbons (Fsp3) is 0.118. The first kappa shape index (κ1) is 22.4. The van der Waals surface area contributed by atoms with Crippen molar-refractivity contribution in [3.8, 4) is 5.75 Å². The van der Waals surface area contributed by atoms with Crippen LogP contribution in [0.15, 0.2) is 46.8 Å². The molecule has 0 unspecified atom stereocenters. The number of rotatable bonds is 8. The van der Waals surface area contributed by atoms with E-state index in [0.29, 0.717) is 10.7 Å². The lowest BCUT2D eigenvalue weighted by Gasteiger charge is -2.14. The van der Waals surface area contributed by atoms with Gasteiger partial charge in [0.2, 0.25) is 5.13 Å². The van der Waals surface area contributed by atoms with Crippen molar-refractivity contribution in [2.24, 2.45) is 0 Å². The predicted molar refractivity (Wildman–Crippen MR) is 114 cm³/mol. The van der Waals surface area contributed by atoms with E-state index in [4.69, 9.17) is 16.3 Å². The van der Waals surface area contributed by atoms with Crippen molar-refractivity contribution in [2.75, 3.05) is 16.6 Å². The molecule has 0 saturated heterocycles. The lowest BCUT2D eigenvalue weighted by Crippen LogP contribution is -2.20. The number of amides is 1. The molecule has 0 aliphatic heterocycles. The molecule has 2 aromatic carbocycles. The highest BCUT2D eigenvalue weighted by Gasteiger charge is 2.22. The van der Waals surface area contributed by atoms with E-state index in [1.54, 1.807) is 6.92 Å². The molecule has 162 valence electrons. The van der Waals surface area contributed by atoms with Crippen LogP contribution in [-0.2, 0) is 14.8 Å². The number of hydrogen-bond acceptors (Lipinski definition) is 9. The normalized spacial score (nSPS) is 11.0. The summed E-state index contributed by atoms with van der Waals surface area (Å²) in [5, 5.41) is 20.9. The molecule has 0 saturated carbocycles. The number of nitro benzene ring substituents is 1. The van der Waals surface area contributed by atoms with Gasteiger partial charge in [-0.1, -0.05) is 29.0 Å². The van der Waals surface area contributed by atoms with Crippen LogP contribution in [0, 0.1) is 17.0 Å². The number of ether oxygens (including phenoxy) is 1. The van der Waals surface area contributed by atoms with Crippen LogP contribution in [0.25, 0.3) is 0 Å². The first-order chi connectivity index (χ1) is 14.7. The Morgan fingerprint density at radius 3 is 2.77 bits per heavy atom. The number of benzene rings is 2. The summed E-state index contributed by atoms with van der Waals surface area (Å²) in [6.07, 6.45) is 0. The standard InChI is InChI=1S/C17H14ClN5O6S2/c1-10-5-13(18)15(7-14(10)29-8-16(24)20-17-21-19-9-30-17)31(27,28)22-11-3-2-4-12(6-11)23(25)26/h2-7,9,22H,8H2,1H3,(H,20,21,24). The summed E-state index contributed by atoms with van der Waals surface area (Å²) in [6.45, 7) is 1.23. The maximum atomic E-state index is 12.8. The third-order valence-electron chi connectivity index (χ3n) is 3.79. The number of nitrogens with zero attached hydrogens (tertiary/aromatic N) is 3. The van der Waals surface area contributed by atoms with Gasteiger partial charge >= 0.3 is 0 Å². The van der Waals surface area contributed by atoms with Crippen molar-refractivity contribution in [3.05, 3.63) is 62.6 Å². The van der Waals surface area contributed by atoms with Crippen molar-refractivity contribution in [2.45, 2.75) is 11.8 Å². The van der Waals surface area contributed by atoms with Crippen LogP contribution in [-0.4, -0.2) is 36.1 Å². The number of aryl methyl sites for hydroxylation is 1. The number of non-ortho nitro benzene ring substituents is 1. The molecule has 0 aliphatic rings. The molecule has 0 radical (unpaired) electrons. The van der Waals surface area contributed by atoms with Gasteiger partial charge in [-0.3, -0.25) is 24.9 Å². The van der Waals surface area contributed by atoms with Gasteiger partial charge in [0, 0.05) is 18.2 Å². The van der Waals surface area contributed by atoms with E-state index in [1.807, 2.05) is 0 Å². The van der Waals surface area contributed by atoms with Gasteiger partial charge in [-0.05, 0) is 24.6 Å². The monoisotopic (exact) mass is 483 g/mol. The average molecular weight is 484 g/mol. The number of sulfonamides is 1. The van der Waals surface area contributed by atoms with Crippen LogP contribution >= 0.6 is 22.9 Å². The minimum Gasteiger partial charge on any atom is -0.483 e. The topological polar surface area (TPSA) is 153 Å². The summed E-state index contributed by atoms with van der Waals surface area (Å²) in [6, 6.07) is 7.57. The molecule has 3 rings (SSSR count). The lowest BCUT2D eigenvalue weighted by atomic mass is 10.2. The van der Waals surface area contributed by atoms with E-state index in [9.17, 15) is 23.3 Å². The number of carbonyl (C=O) groups excluding carboxylic acids is 1. The third kappa shape index (κ3) is 5.65. The van der Waals surface area contributed by atoms with Crippen LogP contribution in [0.4, 0.5) is 16.5 Å². The van der Waals surface area contributed by atoms with Crippen LogP contribution in [0.1, 0.15) is 5.56 Å². The van der Waals surface area contributed by atoms with E-state index < -0.39 is 27.5 Å². The molecular formula is C17H14ClN5O6S2. The summed E-state index contributed by atoms with van der Waals surface area (Å²) >= 11 is 7.25. The number of aromatic nitrogens is 2. The SMILES string of the molecule is Cc1cc(Cl)c(S(=O)(=O)Nc2cccc([N+](=O)[O-])c2)cc1OCC(=O)Nc1nncs1. The van der Waals surface area contributed by atoms with E-state index >= 15 is 0 Å². The van der Waals surface area contributed by atoms with Crippen molar-refractivity contribution in [1.82, 2.24) is 10.2 Å². The Morgan fingerprint density at radius 1 is 1.32 bits per heavy atom. The maximum absolute atomic E-state index is 12.8. The average Bonchev–Trinajstić information content (AvgIpc) is 3.19. The Hall–Kier alpha value is -3.29. The van der Waals surface area contributed by atoms with Gasteiger partial charge in [0.25, 0.3) is 21.6 Å². The second-order valence-corrected chi connectivity index (χ2v) is 8.93. The molecule has 0 spiro atoms. The van der Waals surface area contributed by atoms with Crippen molar-refractivity contribution < 1.29 is 22.9 Å². The zero-order valence-electron chi connectivity index (χ0n) is 15.7. The quantitative estimate of drug-likeness (QED) is 0.365. The van der Waals surface area contributed by atoms with Crippen molar-refractivity contribution in [1.29, 1.82) is 0 Å². The molecule has 1 amide bonds. The van der Waals surface area contributed by atoms with Crippen LogP contribution in [0.2, 0.25) is 5.02 Å². The number of nitro groups is 1. The molecule has 11 nitrogen and oxygen atoms in total. The molecular weight excluding hydrogens is 470 g/mol. The summed E-state index contributed by atoms with van der Waals surface area (Å²) in [7, 11) is -4.21. The molecule has 0 bridgehead atoms. The Labute approximate surface area is 185 Å². The molecule has 31 heavy (non-hydrogen) atoms. The summed E-state index contributed by atoms with van der Waals surface area (Å²) in [5.41, 5.74) is 1.67. The van der Waals surface area contributed by atoms with Gasteiger partial charge in [-0.2, -0.15) is 0 Å². The first-order valence-electron chi connectivity index (χ1n) is 8.42. The fourth-order valence-electron chi connectivity index (χ4n) is 2.41. The zero-order chi connectivity index (χ0) is 22.6. The molecule has 14 heteroatoms. The van der Waals surface area contributed by atoms with Gasteiger partial charge in [0.1, 0.15) is 16.2 Å². The van der Waals surface area contributed by atoms with E-state index in [2.05, 4.69) is 20.2 Å². The minimum atomic E-state index is -4.21. The zero-order valence-corrected chi connectivity index (χ0v) is 18.1. The summed E-state index contributed by atoms with van der Waals surface area (Å²) in [5.74, 6) is -0.388. The number of anilines is 2. The minimum absolute atomic E-state index is 0.00950. The molecule has 3 aromatic rings. The number of halogens is 1. The smallest absolute Gasteiger partial charge is 0.271 e. The first-order valence-corrected chi connectivity index (χ1v) is 11.2. The van der Waals surface area contributed by atoms with Gasteiger partial charge in [0.05, 0.1) is 15.6 Å². The van der Waals surface area contributed by atoms with Crippen LogP contribution in [0.5, 0.6) is 5.75 Å². The van der Waals surface area contributed by atoms with Crippen LogP contribution in [0.3, 0.4) is 0 Å². The molecule has 0 atom stereocenters. The second kappa shape index (κ2) is 9.24. The summed E-state index contributed by atoms with van der Waals surface area (Å²) < 4.78 is 33.3. The lowest BCUT2D eigenvalue weighted by molar-refractivity contribution is -0.384. The molecule has 2 N–H and O–H groups in total. The predicted octanol–water partition coefficient (Wildman–Crippen LogP) is 3.23.